The molecule has 0 radical (unpaired) electrons. The predicted molar refractivity (Wildman–Crippen MR) is 84.3 cm³/mol. The Morgan fingerprint density at radius 1 is 1.33 bits per heavy atom. The molecule has 0 atom stereocenters. The van der Waals surface area contributed by atoms with Crippen LogP contribution in [0.25, 0.3) is 0 Å². The van der Waals surface area contributed by atoms with Crippen LogP contribution in [0.1, 0.15) is 43.5 Å². The van der Waals surface area contributed by atoms with Crippen molar-refractivity contribution < 1.29 is 9.72 Å². The number of nitrogens with zero attached hydrogens (tertiary/aromatic N) is 2. The van der Waals surface area contributed by atoms with Gasteiger partial charge in [-0.05, 0) is 46.7 Å². The molecule has 0 saturated carbocycles. The Hall–Kier alpha value is -1.43. The monoisotopic (exact) mass is 354 g/mol. The maximum atomic E-state index is 12.6. The third-order valence-corrected chi connectivity index (χ3v) is 4.71. The molecule has 1 amide bonds. The zero-order chi connectivity index (χ0) is 15.6. The largest absolute Gasteiger partial charge is 0.339 e. The number of hydrogen-bond donors (Lipinski definition) is 0. The van der Waals surface area contributed by atoms with E-state index >= 15 is 0 Å². The predicted octanol–water partition coefficient (Wildman–Crippen LogP) is 4.01. The van der Waals surface area contributed by atoms with Crippen LogP contribution in [0.5, 0.6) is 0 Å². The van der Waals surface area contributed by atoms with Crippen molar-refractivity contribution in [3.8, 4) is 0 Å². The molecule has 114 valence electrons. The molecule has 0 N–H and O–H groups in total. The lowest BCUT2D eigenvalue weighted by molar-refractivity contribution is -0.384. The summed E-state index contributed by atoms with van der Waals surface area (Å²) in [5.41, 5.74) is 0.551. The number of carbonyl (C=O) groups excluding carboxylic acids is 1. The van der Waals surface area contributed by atoms with Gasteiger partial charge in [0.15, 0.2) is 0 Å². The average Bonchev–Trinajstić information content (AvgIpc) is 2.59. The number of non-ortho nitro benzene ring substituents is 1. The van der Waals surface area contributed by atoms with Crippen LogP contribution in [0.2, 0.25) is 0 Å². The third-order valence-electron chi connectivity index (χ3n) is 4.02. The van der Waals surface area contributed by atoms with Gasteiger partial charge in [0.25, 0.3) is 11.6 Å². The van der Waals surface area contributed by atoms with Gasteiger partial charge in [-0.3, -0.25) is 14.9 Å². The Labute approximate surface area is 132 Å². The molecule has 0 aromatic heterocycles. The summed E-state index contributed by atoms with van der Waals surface area (Å²) in [7, 11) is 0. The van der Waals surface area contributed by atoms with Crippen LogP contribution in [0, 0.1) is 15.5 Å². The normalized spacial score (nSPS) is 18.1. The molecule has 0 spiro atoms. The van der Waals surface area contributed by atoms with Crippen LogP contribution in [0.15, 0.2) is 22.7 Å². The molecule has 1 aromatic rings. The third kappa shape index (κ3) is 3.81. The maximum Gasteiger partial charge on any atom is 0.270 e. The van der Waals surface area contributed by atoms with Crippen LogP contribution in [0.4, 0.5) is 5.69 Å². The summed E-state index contributed by atoms with van der Waals surface area (Å²) < 4.78 is 0.599. The molecule has 2 rings (SSSR count). The molecular weight excluding hydrogens is 336 g/mol. The Morgan fingerprint density at radius 2 is 2.05 bits per heavy atom. The number of nitro groups is 1. The number of rotatable bonds is 2. The lowest BCUT2D eigenvalue weighted by Crippen LogP contribution is -2.32. The first-order chi connectivity index (χ1) is 9.80. The van der Waals surface area contributed by atoms with Gasteiger partial charge in [-0.1, -0.05) is 13.8 Å². The Balaban J connectivity index is 2.23. The number of nitro benzene ring substituents is 1. The molecule has 1 aromatic carbocycles. The topological polar surface area (TPSA) is 63.5 Å². The molecule has 6 heteroatoms. The lowest BCUT2D eigenvalue weighted by atomic mass is 9.85. The van der Waals surface area contributed by atoms with E-state index in [-0.39, 0.29) is 17.0 Å². The van der Waals surface area contributed by atoms with Crippen molar-refractivity contribution in [2.45, 2.75) is 33.1 Å². The first-order valence-corrected chi connectivity index (χ1v) is 7.83. The van der Waals surface area contributed by atoms with Crippen molar-refractivity contribution in [3.05, 3.63) is 38.3 Å². The van der Waals surface area contributed by atoms with Gasteiger partial charge in [-0.2, -0.15) is 0 Å². The van der Waals surface area contributed by atoms with Crippen molar-refractivity contribution in [2.75, 3.05) is 13.1 Å². The van der Waals surface area contributed by atoms with Crippen molar-refractivity contribution in [3.63, 3.8) is 0 Å². The molecule has 1 aliphatic rings. The molecule has 0 unspecified atom stereocenters. The molecule has 1 aliphatic heterocycles. The minimum Gasteiger partial charge on any atom is -0.339 e. The molecule has 0 aliphatic carbocycles. The number of benzene rings is 1. The highest BCUT2D eigenvalue weighted by Crippen LogP contribution is 2.31. The van der Waals surface area contributed by atoms with E-state index in [1.807, 2.05) is 0 Å². The number of halogens is 1. The van der Waals surface area contributed by atoms with E-state index in [1.54, 1.807) is 11.0 Å². The second-order valence-corrected chi connectivity index (χ2v) is 7.09. The molecular formula is C15H19BrN2O3. The van der Waals surface area contributed by atoms with E-state index in [4.69, 9.17) is 0 Å². The fourth-order valence-corrected chi connectivity index (χ4v) is 3.00. The molecule has 1 saturated heterocycles. The Bertz CT molecular complexity index is 572. The van der Waals surface area contributed by atoms with Gasteiger partial charge in [0.2, 0.25) is 0 Å². The SMILES string of the molecule is CC1(C)CCCN(C(=O)c2cc([N+](=O)[O-])ccc2Br)CC1. The first kappa shape index (κ1) is 15.9. The van der Waals surface area contributed by atoms with E-state index in [9.17, 15) is 14.9 Å². The van der Waals surface area contributed by atoms with E-state index in [2.05, 4.69) is 29.8 Å². The van der Waals surface area contributed by atoms with Gasteiger partial charge >= 0.3 is 0 Å². The number of amides is 1. The Kier molecular flexibility index (Phi) is 4.66. The van der Waals surface area contributed by atoms with Gasteiger partial charge in [-0.25, -0.2) is 0 Å². The van der Waals surface area contributed by atoms with Crippen LogP contribution in [-0.2, 0) is 0 Å². The summed E-state index contributed by atoms with van der Waals surface area (Å²) in [6, 6.07) is 4.31. The zero-order valence-electron chi connectivity index (χ0n) is 12.3. The zero-order valence-corrected chi connectivity index (χ0v) is 13.9. The fraction of sp³-hybridized carbons (Fsp3) is 0.533. The fourth-order valence-electron chi connectivity index (χ4n) is 2.59. The van der Waals surface area contributed by atoms with Gasteiger partial charge in [-0.15, -0.1) is 0 Å². The first-order valence-electron chi connectivity index (χ1n) is 7.03. The van der Waals surface area contributed by atoms with E-state index in [0.29, 0.717) is 23.1 Å². The van der Waals surface area contributed by atoms with Gasteiger partial charge in [0.05, 0.1) is 10.5 Å². The van der Waals surface area contributed by atoms with Crippen LogP contribution >= 0.6 is 15.9 Å². The van der Waals surface area contributed by atoms with Crippen molar-refractivity contribution >= 4 is 27.5 Å². The second kappa shape index (κ2) is 6.13. The lowest BCUT2D eigenvalue weighted by Gasteiger charge is -2.23. The highest BCUT2D eigenvalue weighted by Gasteiger charge is 2.27. The molecule has 5 nitrogen and oxygen atoms in total. The molecule has 1 fully saturated rings. The quantitative estimate of drug-likeness (QED) is 0.595. The molecule has 1 heterocycles. The van der Waals surface area contributed by atoms with Crippen molar-refractivity contribution in [2.24, 2.45) is 5.41 Å². The standard InChI is InChI=1S/C15H19BrN2O3/c1-15(2)6-3-8-17(9-7-15)14(19)12-10-11(18(20)21)4-5-13(12)16/h4-5,10H,3,6-9H2,1-2H3. The van der Waals surface area contributed by atoms with Gasteiger partial charge in [0.1, 0.15) is 0 Å². The van der Waals surface area contributed by atoms with Crippen molar-refractivity contribution in [1.29, 1.82) is 0 Å². The minimum absolute atomic E-state index is 0.0586. The van der Waals surface area contributed by atoms with Crippen molar-refractivity contribution in [1.82, 2.24) is 4.90 Å². The van der Waals surface area contributed by atoms with Gasteiger partial charge in [0, 0.05) is 29.7 Å². The molecule has 21 heavy (non-hydrogen) atoms. The summed E-state index contributed by atoms with van der Waals surface area (Å²) in [5.74, 6) is -0.136. The Morgan fingerprint density at radius 3 is 2.71 bits per heavy atom. The van der Waals surface area contributed by atoms with Crippen LogP contribution < -0.4 is 0 Å². The van der Waals surface area contributed by atoms with Gasteiger partial charge < -0.3 is 4.90 Å². The summed E-state index contributed by atoms with van der Waals surface area (Å²) in [5, 5.41) is 10.9. The highest BCUT2D eigenvalue weighted by molar-refractivity contribution is 9.10. The van der Waals surface area contributed by atoms with E-state index in [0.717, 1.165) is 19.3 Å². The maximum absolute atomic E-state index is 12.6. The van der Waals surface area contributed by atoms with Crippen LogP contribution in [0.3, 0.4) is 0 Å². The molecule has 0 bridgehead atoms. The summed E-state index contributed by atoms with van der Waals surface area (Å²) >= 11 is 3.32. The summed E-state index contributed by atoms with van der Waals surface area (Å²) in [4.78, 5) is 24.8. The van der Waals surface area contributed by atoms with E-state index < -0.39 is 4.92 Å². The number of likely N-dealkylation sites (tertiary alicyclic amines) is 1. The van der Waals surface area contributed by atoms with Crippen LogP contribution in [-0.4, -0.2) is 28.8 Å². The van der Waals surface area contributed by atoms with E-state index in [1.165, 1.54) is 12.1 Å². The smallest absolute Gasteiger partial charge is 0.270 e. The summed E-state index contributed by atoms with van der Waals surface area (Å²) in [6.45, 7) is 5.83. The number of hydrogen-bond acceptors (Lipinski definition) is 3. The second-order valence-electron chi connectivity index (χ2n) is 6.23. The number of carbonyl (C=O) groups is 1. The summed E-state index contributed by atoms with van der Waals surface area (Å²) in [6.07, 6.45) is 3.00. The highest BCUT2D eigenvalue weighted by atomic mass is 79.9. The average molecular weight is 355 g/mol. The minimum atomic E-state index is -0.477.